The number of carbonyl (C=O) groups is 1. The monoisotopic (exact) mass is 196 g/mol. The van der Waals surface area contributed by atoms with Gasteiger partial charge in [0.1, 0.15) is 5.76 Å². The van der Waals surface area contributed by atoms with Crippen molar-refractivity contribution in [3.63, 3.8) is 0 Å². The number of allylic oxidation sites excluding steroid dienone is 5. The van der Waals surface area contributed by atoms with Crippen molar-refractivity contribution in [1.82, 2.24) is 0 Å². The van der Waals surface area contributed by atoms with Gasteiger partial charge in [-0.1, -0.05) is 30.6 Å². The first-order valence-electron chi connectivity index (χ1n) is 4.21. The molecule has 0 saturated heterocycles. The van der Waals surface area contributed by atoms with E-state index in [1.165, 1.54) is 12.2 Å². The summed E-state index contributed by atoms with van der Waals surface area (Å²) in [5, 5.41) is 0. The largest absolute Gasteiger partial charge is 0.423 e. The highest BCUT2D eigenvalue weighted by molar-refractivity contribution is 5.86. The maximum Gasteiger partial charge on any atom is 0.336 e. The highest BCUT2D eigenvalue weighted by atomic mass is 16.5. The average Bonchev–Trinajstić information content (AvgIpc) is 2.63. The Morgan fingerprint density at radius 3 is 2.73 bits per heavy atom. The van der Waals surface area contributed by atoms with Crippen LogP contribution in [0.3, 0.4) is 0 Å². The van der Waals surface area contributed by atoms with Gasteiger partial charge in [-0.15, -0.1) is 0 Å². The Labute approximate surface area is 88.6 Å². The number of cyclic esters (lactones) is 1. The standard InChI is InChI=1S/C13H8O2/c1-2-3-4-5-6-7-8-9-12-10-11-13(14)15-12/h2-4,9-11H,1H2/b4-3+,12-9+. The number of ether oxygens (including phenoxy) is 1. The lowest BCUT2D eigenvalue weighted by Gasteiger charge is -1.88. The van der Waals surface area contributed by atoms with Crippen molar-refractivity contribution < 1.29 is 9.53 Å². The quantitative estimate of drug-likeness (QED) is 0.362. The zero-order valence-electron chi connectivity index (χ0n) is 7.99. The molecule has 1 aliphatic heterocycles. The molecule has 1 aliphatic rings. The SMILES string of the molecule is C=C/C=C/C#CC#C/C=C1\C=CC(=O)O1. The summed E-state index contributed by atoms with van der Waals surface area (Å²) in [7, 11) is 0. The van der Waals surface area contributed by atoms with Gasteiger partial charge in [0.05, 0.1) is 0 Å². The lowest BCUT2D eigenvalue weighted by molar-refractivity contribution is -0.132. The smallest absolute Gasteiger partial charge is 0.336 e. The molecule has 0 fully saturated rings. The molecule has 0 atom stereocenters. The Bertz CT molecular complexity index is 468. The summed E-state index contributed by atoms with van der Waals surface area (Å²) < 4.78 is 4.74. The second-order valence-corrected chi connectivity index (χ2v) is 2.43. The molecular weight excluding hydrogens is 188 g/mol. The third kappa shape index (κ3) is 4.36. The zero-order valence-corrected chi connectivity index (χ0v) is 7.99. The number of hydrogen-bond donors (Lipinski definition) is 0. The van der Waals surface area contributed by atoms with Crippen LogP contribution in [-0.2, 0) is 9.53 Å². The molecule has 0 aromatic rings. The highest BCUT2D eigenvalue weighted by Gasteiger charge is 2.07. The van der Waals surface area contributed by atoms with Gasteiger partial charge in [0.15, 0.2) is 0 Å². The Morgan fingerprint density at radius 2 is 2.07 bits per heavy atom. The molecule has 15 heavy (non-hydrogen) atoms. The summed E-state index contributed by atoms with van der Waals surface area (Å²) in [4.78, 5) is 10.6. The first kappa shape index (κ1) is 10.6. The fourth-order valence-electron chi connectivity index (χ4n) is 0.749. The summed E-state index contributed by atoms with van der Waals surface area (Å²) in [6.45, 7) is 3.50. The van der Waals surface area contributed by atoms with E-state index in [2.05, 4.69) is 30.3 Å². The normalized spacial score (nSPS) is 15.5. The Hall–Kier alpha value is -2.45. The number of hydrogen-bond acceptors (Lipinski definition) is 2. The summed E-state index contributed by atoms with van der Waals surface area (Å²) in [6.07, 6.45) is 9.38. The van der Waals surface area contributed by atoms with Gasteiger partial charge in [-0.25, -0.2) is 4.79 Å². The van der Waals surface area contributed by atoms with Crippen molar-refractivity contribution in [2.75, 3.05) is 0 Å². The van der Waals surface area contributed by atoms with Crippen LogP contribution in [0.4, 0.5) is 0 Å². The van der Waals surface area contributed by atoms with E-state index in [0.29, 0.717) is 5.76 Å². The third-order valence-electron chi connectivity index (χ3n) is 1.34. The van der Waals surface area contributed by atoms with Gasteiger partial charge >= 0.3 is 5.97 Å². The molecule has 1 rings (SSSR count). The van der Waals surface area contributed by atoms with Crippen LogP contribution in [0.2, 0.25) is 0 Å². The van der Waals surface area contributed by atoms with Crippen molar-refractivity contribution in [1.29, 1.82) is 0 Å². The number of rotatable bonds is 1. The third-order valence-corrected chi connectivity index (χ3v) is 1.34. The van der Waals surface area contributed by atoms with Crippen LogP contribution >= 0.6 is 0 Å². The van der Waals surface area contributed by atoms with Gasteiger partial charge in [-0.05, 0) is 24.0 Å². The Kier molecular flexibility index (Phi) is 4.30. The molecule has 72 valence electrons. The minimum Gasteiger partial charge on any atom is -0.423 e. The van der Waals surface area contributed by atoms with Crippen LogP contribution in [0.5, 0.6) is 0 Å². The van der Waals surface area contributed by atoms with Crippen LogP contribution in [0.25, 0.3) is 0 Å². The minimum atomic E-state index is -0.372. The predicted molar refractivity (Wildman–Crippen MR) is 58.2 cm³/mol. The summed E-state index contributed by atoms with van der Waals surface area (Å²) >= 11 is 0. The first-order chi connectivity index (χ1) is 7.33. The van der Waals surface area contributed by atoms with Crippen molar-refractivity contribution in [3.05, 3.63) is 48.8 Å². The maximum atomic E-state index is 10.6. The molecule has 0 amide bonds. The van der Waals surface area contributed by atoms with Gasteiger partial charge in [0.2, 0.25) is 0 Å². The molecule has 2 nitrogen and oxygen atoms in total. The molecule has 1 heterocycles. The van der Waals surface area contributed by atoms with Gasteiger partial charge in [-0.3, -0.25) is 0 Å². The van der Waals surface area contributed by atoms with Gasteiger partial charge in [0, 0.05) is 12.2 Å². The van der Waals surface area contributed by atoms with Gasteiger partial charge in [0.25, 0.3) is 0 Å². The van der Waals surface area contributed by atoms with E-state index >= 15 is 0 Å². The van der Waals surface area contributed by atoms with E-state index in [1.807, 2.05) is 0 Å². The molecule has 0 N–H and O–H groups in total. The number of esters is 1. The maximum absolute atomic E-state index is 10.6. The van der Waals surface area contributed by atoms with Crippen LogP contribution < -0.4 is 0 Å². The van der Waals surface area contributed by atoms with E-state index in [4.69, 9.17) is 4.74 Å². The number of carbonyl (C=O) groups excluding carboxylic acids is 1. The minimum absolute atomic E-state index is 0.372. The highest BCUT2D eigenvalue weighted by Crippen LogP contribution is 2.07. The molecule has 0 spiro atoms. The fourth-order valence-corrected chi connectivity index (χ4v) is 0.749. The molecule has 0 aromatic heterocycles. The van der Waals surface area contributed by atoms with E-state index in [9.17, 15) is 4.79 Å². The molecular formula is C13H8O2. The first-order valence-corrected chi connectivity index (χ1v) is 4.21. The Balaban J connectivity index is 2.49. The van der Waals surface area contributed by atoms with Crippen LogP contribution in [0, 0.1) is 23.7 Å². The van der Waals surface area contributed by atoms with Crippen molar-refractivity contribution in [2.24, 2.45) is 0 Å². The molecule has 0 radical (unpaired) electrons. The molecule has 0 aliphatic carbocycles. The fraction of sp³-hybridized carbons (Fsp3) is 0. The van der Waals surface area contributed by atoms with Crippen molar-refractivity contribution >= 4 is 5.97 Å². The Morgan fingerprint density at radius 1 is 1.27 bits per heavy atom. The summed E-state index contributed by atoms with van der Waals surface area (Å²) in [6, 6.07) is 0. The van der Waals surface area contributed by atoms with E-state index < -0.39 is 0 Å². The topological polar surface area (TPSA) is 26.3 Å². The molecule has 2 heteroatoms. The second kappa shape index (κ2) is 6.07. The molecule has 0 aromatic carbocycles. The summed E-state index contributed by atoms with van der Waals surface area (Å²) in [5.74, 6) is 10.6. The van der Waals surface area contributed by atoms with Crippen LogP contribution in [-0.4, -0.2) is 5.97 Å². The van der Waals surface area contributed by atoms with Crippen molar-refractivity contribution in [2.45, 2.75) is 0 Å². The predicted octanol–water partition coefficient (Wildman–Crippen LogP) is 1.73. The van der Waals surface area contributed by atoms with E-state index in [1.54, 1.807) is 24.3 Å². The van der Waals surface area contributed by atoms with E-state index in [-0.39, 0.29) is 5.97 Å². The van der Waals surface area contributed by atoms with E-state index in [0.717, 1.165) is 0 Å². The molecule has 0 saturated carbocycles. The molecule has 0 bridgehead atoms. The van der Waals surface area contributed by atoms with Gasteiger partial charge < -0.3 is 4.74 Å². The molecule has 0 unspecified atom stereocenters. The van der Waals surface area contributed by atoms with Crippen LogP contribution in [0.15, 0.2) is 48.8 Å². The average molecular weight is 196 g/mol. The zero-order chi connectivity index (χ0) is 10.9. The lowest BCUT2D eigenvalue weighted by atomic mass is 10.4. The van der Waals surface area contributed by atoms with Gasteiger partial charge in [-0.2, -0.15) is 0 Å². The lowest BCUT2D eigenvalue weighted by Crippen LogP contribution is -1.89. The van der Waals surface area contributed by atoms with Crippen LogP contribution in [0.1, 0.15) is 0 Å². The summed E-state index contributed by atoms with van der Waals surface area (Å²) in [5.41, 5.74) is 0. The van der Waals surface area contributed by atoms with Crippen molar-refractivity contribution in [3.8, 4) is 23.7 Å². The second-order valence-electron chi connectivity index (χ2n) is 2.43.